The number of carbonyl (C=O) groups is 1. The Bertz CT molecular complexity index is 1080. The first-order valence-electron chi connectivity index (χ1n) is 9.11. The molecule has 1 aromatic heterocycles. The number of ether oxygens (including phenoxy) is 2. The molecule has 162 valence electrons. The maximum absolute atomic E-state index is 12.2. The van der Waals surface area contributed by atoms with E-state index in [0.717, 1.165) is 6.07 Å². The number of nitrogens with one attached hydrogen (secondary N) is 1. The largest absolute Gasteiger partial charge is 0.508 e. The Hall–Kier alpha value is -4.12. The topological polar surface area (TPSA) is 157 Å². The number of hydrogen-bond acceptors (Lipinski definition) is 9. The van der Waals surface area contributed by atoms with Crippen molar-refractivity contribution in [2.24, 2.45) is 0 Å². The summed E-state index contributed by atoms with van der Waals surface area (Å²) in [5.41, 5.74) is -0.0917. The lowest BCUT2D eigenvalue weighted by atomic mass is 10.1. The monoisotopic (exact) mass is 429 g/mol. The second kappa shape index (κ2) is 9.59. The quantitative estimate of drug-likeness (QED) is 0.264. The molecular weight excluding hydrogens is 410 g/mol. The van der Waals surface area contributed by atoms with E-state index in [1.165, 1.54) is 36.4 Å². The van der Waals surface area contributed by atoms with Gasteiger partial charge in [0.25, 0.3) is 11.6 Å². The number of aromatic hydroxyl groups is 2. The van der Waals surface area contributed by atoms with Crippen molar-refractivity contribution in [3.8, 4) is 34.3 Å². The maximum atomic E-state index is 12.2. The Labute approximate surface area is 176 Å². The molecule has 0 radical (unpaired) electrons. The maximum Gasteiger partial charge on any atom is 0.273 e. The molecule has 3 aromatic rings. The van der Waals surface area contributed by atoms with Crippen LogP contribution in [-0.4, -0.2) is 46.5 Å². The summed E-state index contributed by atoms with van der Waals surface area (Å²) in [6, 6.07) is 8.84. The fourth-order valence-electron chi connectivity index (χ4n) is 2.69. The smallest absolute Gasteiger partial charge is 0.273 e. The van der Waals surface area contributed by atoms with Crippen LogP contribution in [0.25, 0.3) is 11.3 Å². The standard InChI is InChI=1S/C20H19N3O8/c1-29-8-2-7-21-20(26)15-11-18(31-22-15)19-16(25)9-13(24)10-17(19)30-14-5-3-12(4-6-14)23(27)28/h3-6,9-11,24-25H,2,7-8H2,1H3,(H,21,26). The molecule has 0 aliphatic rings. The summed E-state index contributed by atoms with van der Waals surface area (Å²) in [5.74, 6) is -0.894. The van der Waals surface area contributed by atoms with Crippen LogP contribution < -0.4 is 10.1 Å². The molecule has 2 aromatic carbocycles. The van der Waals surface area contributed by atoms with Gasteiger partial charge in [0, 0.05) is 50.6 Å². The summed E-state index contributed by atoms with van der Waals surface area (Å²) in [6.07, 6.45) is 0.624. The Morgan fingerprint density at radius 1 is 1.23 bits per heavy atom. The summed E-state index contributed by atoms with van der Waals surface area (Å²) in [4.78, 5) is 22.4. The van der Waals surface area contributed by atoms with Crippen LogP contribution in [0.3, 0.4) is 0 Å². The molecule has 1 heterocycles. The lowest BCUT2D eigenvalue weighted by molar-refractivity contribution is -0.384. The van der Waals surface area contributed by atoms with Gasteiger partial charge in [-0.1, -0.05) is 5.16 Å². The predicted octanol–water partition coefficient (Wildman–Crippen LogP) is 3.22. The molecule has 0 unspecified atom stereocenters. The normalized spacial score (nSPS) is 10.6. The van der Waals surface area contributed by atoms with E-state index in [2.05, 4.69) is 10.5 Å². The average Bonchev–Trinajstić information content (AvgIpc) is 3.21. The van der Waals surface area contributed by atoms with Crippen LogP contribution in [0.1, 0.15) is 16.9 Å². The number of rotatable bonds is 9. The molecule has 0 fully saturated rings. The predicted molar refractivity (Wildman–Crippen MR) is 107 cm³/mol. The van der Waals surface area contributed by atoms with Gasteiger partial charge in [-0.25, -0.2) is 0 Å². The second-order valence-electron chi connectivity index (χ2n) is 6.37. The van der Waals surface area contributed by atoms with Crippen molar-refractivity contribution in [1.29, 1.82) is 0 Å². The molecule has 0 bridgehead atoms. The number of amides is 1. The Morgan fingerprint density at radius 2 is 1.97 bits per heavy atom. The lowest BCUT2D eigenvalue weighted by Crippen LogP contribution is -2.25. The number of benzene rings is 2. The molecule has 3 rings (SSSR count). The van der Waals surface area contributed by atoms with Crippen molar-refractivity contribution in [2.45, 2.75) is 6.42 Å². The highest BCUT2D eigenvalue weighted by molar-refractivity contribution is 5.93. The summed E-state index contributed by atoms with van der Waals surface area (Å²) in [7, 11) is 1.56. The van der Waals surface area contributed by atoms with Gasteiger partial charge >= 0.3 is 0 Å². The highest BCUT2D eigenvalue weighted by Crippen LogP contribution is 2.43. The first-order valence-corrected chi connectivity index (χ1v) is 9.11. The van der Waals surface area contributed by atoms with E-state index >= 15 is 0 Å². The number of phenolic OH excluding ortho intramolecular Hbond substituents is 2. The molecule has 0 spiro atoms. The number of hydrogen-bond donors (Lipinski definition) is 3. The molecule has 0 aliphatic heterocycles. The van der Waals surface area contributed by atoms with Gasteiger partial charge in [0.15, 0.2) is 11.5 Å². The molecule has 0 aliphatic carbocycles. The van der Waals surface area contributed by atoms with Crippen molar-refractivity contribution < 1.29 is 33.9 Å². The fraction of sp³-hybridized carbons (Fsp3) is 0.200. The van der Waals surface area contributed by atoms with Crippen molar-refractivity contribution >= 4 is 11.6 Å². The number of non-ortho nitro benzene ring substituents is 1. The zero-order valence-electron chi connectivity index (χ0n) is 16.4. The number of phenols is 2. The molecule has 0 saturated carbocycles. The molecule has 0 atom stereocenters. The van der Waals surface area contributed by atoms with E-state index in [9.17, 15) is 25.1 Å². The van der Waals surface area contributed by atoms with Gasteiger partial charge in [0.2, 0.25) is 0 Å². The zero-order chi connectivity index (χ0) is 22.4. The summed E-state index contributed by atoms with van der Waals surface area (Å²) < 4.78 is 15.8. The van der Waals surface area contributed by atoms with Gasteiger partial charge in [-0.2, -0.15) is 0 Å². The Balaban J connectivity index is 1.85. The van der Waals surface area contributed by atoms with Crippen LogP contribution in [0.5, 0.6) is 23.0 Å². The minimum Gasteiger partial charge on any atom is -0.508 e. The molecule has 3 N–H and O–H groups in total. The van der Waals surface area contributed by atoms with E-state index in [1.807, 2.05) is 0 Å². The molecule has 31 heavy (non-hydrogen) atoms. The summed E-state index contributed by atoms with van der Waals surface area (Å²) in [5, 5.41) is 37.3. The first kappa shape index (κ1) is 21.6. The van der Waals surface area contributed by atoms with Crippen molar-refractivity contribution in [3.05, 3.63) is 58.3 Å². The third-order valence-corrected chi connectivity index (χ3v) is 4.14. The minimum atomic E-state index is -0.550. The van der Waals surface area contributed by atoms with E-state index in [1.54, 1.807) is 7.11 Å². The van der Waals surface area contributed by atoms with Crippen LogP contribution in [0.4, 0.5) is 5.69 Å². The SMILES string of the molecule is COCCCNC(=O)c1cc(-c2c(O)cc(O)cc2Oc2ccc([N+](=O)[O-])cc2)on1. The van der Waals surface area contributed by atoms with Crippen LogP contribution in [0, 0.1) is 10.1 Å². The van der Waals surface area contributed by atoms with Crippen molar-refractivity contribution in [3.63, 3.8) is 0 Å². The minimum absolute atomic E-state index is 0.00504. The number of carbonyl (C=O) groups excluding carboxylic acids is 1. The van der Waals surface area contributed by atoms with Crippen LogP contribution in [0.15, 0.2) is 47.0 Å². The third kappa shape index (κ3) is 5.28. The van der Waals surface area contributed by atoms with Crippen molar-refractivity contribution in [2.75, 3.05) is 20.3 Å². The summed E-state index contributed by atoms with van der Waals surface area (Å²) in [6.45, 7) is 0.878. The van der Waals surface area contributed by atoms with E-state index < -0.39 is 10.8 Å². The second-order valence-corrected chi connectivity index (χ2v) is 6.37. The van der Waals surface area contributed by atoms with Gasteiger partial charge in [-0.15, -0.1) is 0 Å². The van der Waals surface area contributed by atoms with Crippen LogP contribution in [-0.2, 0) is 4.74 Å². The Morgan fingerprint density at radius 3 is 2.65 bits per heavy atom. The highest BCUT2D eigenvalue weighted by atomic mass is 16.6. The van der Waals surface area contributed by atoms with E-state index in [4.69, 9.17) is 14.0 Å². The Kier molecular flexibility index (Phi) is 6.67. The van der Waals surface area contributed by atoms with Gasteiger partial charge in [-0.3, -0.25) is 14.9 Å². The van der Waals surface area contributed by atoms with Crippen molar-refractivity contribution in [1.82, 2.24) is 10.5 Å². The van der Waals surface area contributed by atoms with Crippen LogP contribution in [0.2, 0.25) is 0 Å². The molecule has 11 nitrogen and oxygen atoms in total. The number of nitro groups is 1. The number of aromatic nitrogens is 1. The van der Waals surface area contributed by atoms with Gasteiger partial charge in [-0.05, 0) is 18.6 Å². The third-order valence-electron chi connectivity index (χ3n) is 4.14. The number of methoxy groups -OCH3 is 1. The lowest BCUT2D eigenvalue weighted by Gasteiger charge is -2.11. The number of nitrogens with zero attached hydrogens (tertiary/aromatic N) is 2. The van der Waals surface area contributed by atoms with E-state index in [0.29, 0.717) is 19.6 Å². The van der Waals surface area contributed by atoms with Crippen LogP contribution >= 0.6 is 0 Å². The zero-order valence-corrected chi connectivity index (χ0v) is 16.4. The highest BCUT2D eigenvalue weighted by Gasteiger charge is 2.21. The molecule has 1 amide bonds. The van der Waals surface area contributed by atoms with Gasteiger partial charge in [0.05, 0.1) is 4.92 Å². The molecule has 0 saturated heterocycles. The molecule has 11 heteroatoms. The fourth-order valence-corrected chi connectivity index (χ4v) is 2.69. The number of nitro benzene ring substituents is 1. The van der Waals surface area contributed by atoms with E-state index in [-0.39, 0.29) is 45.7 Å². The summed E-state index contributed by atoms with van der Waals surface area (Å²) >= 11 is 0. The van der Waals surface area contributed by atoms with Gasteiger partial charge in [0.1, 0.15) is 28.6 Å². The average molecular weight is 429 g/mol. The molecular formula is C20H19N3O8. The van der Waals surface area contributed by atoms with Gasteiger partial charge < -0.3 is 29.5 Å². The first-order chi connectivity index (χ1) is 14.9.